The zero-order valence-corrected chi connectivity index (χ0v) is 14.7. The van der Waals surface area contributed by atoms with Crippen LogP contribution >= 0.6 is 0 Å². The fraction of sp³-hybridized carbons (Fsp3) is 0.722. The molecule has 2 aliphatic heterocycles. The highest BCUT2D eigenvalue weighted by molar-refractivity contribution is 5.86. The van der Waals surface area contributed by atoms with Crippen molar-refractivity contribution in [2.45, 2.75) is 51.1 Å². The summed E-state index contributed by atoms with van der Waals surface area (Å²) in [6.45, 7) is 3.44. The molecule has 1 atom stereocenters. The van der Waals surface area contributed by atoms with E-state index in [-0.39, 0.29) is 11.1 Å². The van der Waals surface area contributed by atoms with E-state index in [4.69, 9.17) is 4.42 Å². The molecule has 1 spiro atoms. The number of oxazole rings is 1. The van der Waals surface area contributed by atoms with E-state index >= 15 is 0 Å². The first-order valence-electron chi connectivity index (χ1n) is 9.13. The molecule has 7 nitrogen and oxygen atoms in total. The molecule has 136 valence electrons. The number of nitrogens with zero attached hydrogens (tertiary/aromatic N) is 3. The third-order valence-electron chi connectivity index (χ3n) is 5.73. The molecule has 0 aromatic carbocycles. The number of hydrogen-bond donors (Lipinski definition) is 0. The molecule has 25 heavy (non-hydrogen) atoms. The van der Waals surface area contributed by atoms with E-state index in [1.807, 2.05) is 0 Å². The van der Waals surface area contributed by atoms with Crippen molar-refractivity contribution in [2.24, 2.45) is 5.41 Å². The number of carbonyl (C=O) groups excluding carboxylic acids is 2. The third kappa shape index (κ3) is 3.42. The molecule has 1 saturated carbocycles. The van der Waals surface area contributed by atoms with Crippen molar-refractivity contribution in [3.8, 4) is 0 Å². The van der Waals surface area contributed by atoms with Gasteiger partial charge in [0.05, 0.1) is 13.7 Å². The Morgan fingerprint density at radius 3 is 3.00 bits per heavy atom. The predicted octanol–water partition coefficient (Wildman–Crippen LogP) is 1.83. The number of amides is 1. The summed E-state index contributed by atoms with van der Waals surface area (Å²) in [5.41, 5.74) is 0.416. The molecule has 0 radical (unpaired) electrons. The van der Waals surface area contributed by atoms with Crippen LogP contribution in [0.2, 0.25) is 0 Å². The second-order valence-electron chi connectivity index (χ2n) is 7.69. The lowest BCUT2D eigenvalue weighted by molar-refractivity contribution is -0.140. The molecule has 1 amide bonds. The molecule has 0 N–H and O–H groups in total. The van der Waals surface area contributed by atoms with Crippen molar-refractivity contribution in [3.63, 3.8) is 0 Å². The minimum atomic E-state index is -0.476. The number of aromatic nitrogens is 1. The van der Waals surface area contributed by atoms with Gasteiger partial charge in [-0.05, 0) is 38.6 Å². The zero-order valence-electron chi connectivity index (χ0n) is 14.7. The highest BCUT2D eigenvalue weighted by atomic mass is 16.5. The van der Waals surface area contributed by atoms with Gasteiger partial charge in [-0.15, -0.1) is 0 Å². The Morgan fingerprint density at radius 2 is 2.24 bits per heavy atom. The second kappa shape index (κ2) is 6.44. The largest absolute Gasteiger partial charge is 0.464 e. The van der Waals surface area contributed by atoms with E-state index in [2.05, 4.69) is 19.5 Å². The summed E-state index contributed by atoms with van der Waals surface area (Å²) in [6, 6.07) is 0.495. The lowest BCUT2D eigenvalue weighted by Crippen LogP contribution is -2.54. The van der Waals surface area contributed by atoms with E-state index in [1.54, 1.807) is 0 Å². The van der Waals surface area contributed by atoms with Crippen LogP contribution < -0.4 is 0 Å². The summed E-state index contributed by atoms with van der Waals surface area (Å²) in [5.74, 6) is 0.403. The first kappa shape index (κ1) is 16.6. The third-order valence-corrected chi connectivity index (χ3v) is 5.73. The maximum absolute atomic E-state index is 12.2. The molecule has 7 heteroatoms. The normalized spacial score (nSPS) is 27.7. The number of rotatable bonds is 4. The number of ether oxygens (including phenoxy) is 1. The van der Waals surface area contributed by atoms with Crippen LogP contribution in [0, 0.1) is 5.41 Å². The van der Waals surface area contributed by atoms with Gasteiger partial charge in [-0.3, -0.25) is 9.69 Å². The average Bonchev–Trinajstić information content (AvgIpc) is 3.36. The highest BCUT2D eigenvalue weighted by Gasteiger charge is 2.45. The summed E-state index contributed by atoms with van der Waals surface area (Å²) in [5, 5.41) is 0. The van der Waals surface area contributed by atoms with Crippen LogP contribution in [-0.2, 0) is 16.1 Å². The quantitative estimate of drug-likeness (QED) is 0.774. The molecule has 0 bridgehead atoms. The van der Waals surface area contributed by atoms with Gasteiger partial charge in [0, 0.05) is 31.0 Å². The minimum Gasteiger partial charge on any atom is -0.464 e. The van der Waals surface area contributed by atoms with Crippen molar-refractivity contribution in [3.05, 3.63) is 17.8 Å². The van der Waals surface area contributed by atoms with Crippen molar-refractivity contribution in [1.29, 1.82) is 0 Å². The summed E-state index contributed by atoms with van der Waals surface area (Å²) >= 11 is 0. The topological polar surface area (TPSA) is 75.9 Å². The van der Waals surface area contributed by atoms with Gasteiger partial charge in [0.25, 0.3) is 0 Å². The van der Waals surface area contributed by atoms with Gasteiger partial charge < -0.3 is 14.1 Å². The van der Waals surface area contributed by atoms with Crippen LogP contribution in [-0.4, -0.2) is 59.4 Å². The Morgan fingerprint density at radius 1 is 1.40 bits per heavy atom. The van der Waals surface area contributed by atoms with Crippen LogP contribution in [0.5, 0.6) is 0 Å². The van der Waals surface area contributed by atoms with Gasteiger partial charge in [-0.1, -0.05) is 0 Å². The lowest BCUT2D eigenvalue weighted by atomic mass is 9.73. The van der Waals surface area contributed by atoms with Crippen molar-refractivity contribution >= 4 is 11.9 Å². The molecule has 0 unspecified atom stereocenters. The van der Waals surface area contributed by atoms with Crippen LogP contribution in [0.25, 0.3) is 0 Å². The van der Waals surface area contributed by atoms with Gasteiger partial charge in [0.1, 0.15) is 6.26 Å². The summed E-state index contributed by atoms with van der Waals surface area (Å²) < 4.78 is 10.1. The molecule has 3 aliphatic rings. The molecular weight excluding hydrogens is 322 g/mol. The molecule has 1 aromatic rings. The van der Waals surface area contributed by atoms with Crippen molar-refractivity contribution in [2.75, 3.05) is 26.7 Å². The summed E-state index contributed by atoms with van der Waals surface area (Å²) in [4.78, 5) is 32.4. The standard InChI is InChI=1S/C18H25N3O4/c1-24-17(23)14-10-25-15(19-14)9-20-8-2-6-18(11-20)7-5-16(22)21(12-18)13-3-4-13/h10,13H,2-9,11-12H2,1H3/t18-/m1/s1. The Balaban J connectivity index is 1.41. The van der Waals surface area contributed by atoms with Crippen LogP contribution in [0.3, 0.4) is 0 Å². The smallest absolute Gasteiger partial charge is 0.360 e. The minimum absolute atomic E-state index is 0.201. The first-order chi connectivity index (χ1) is 12.1. The zero-order chi connectivity index (χ0) is 17.4. The van der Waals surface area contributed by atoms with E-state index in [0.717, 1.165) is 45.3 Å². The number of esters is 1. The average molecular weight is 347 g/mol. The molecule has 1 aliphatic carbocycles. The molecule has 4 rings (SSSR count). The fourth-order valence-corrected chi connectivity index (χ4v) is 4.31. The van der Waals surface area contributed by atoms with Crippen LogP contribution in [0.1, 0.15) is 54.9 Å². The Hall–Kier alpha value is -1.89. The van der Waals surface area contributed by atoms with Gasteiger partial charge in [-0.25, -0.2) is 9.78 Å². The van der Waals surface area contributed by atoms with E-state index in [0.29, 0.717) is 30.8 Å². The van der Waals surface area contributed by atoms with Gasteiger partial charge >= 0.3 is 5.97 Å². The highest BCUT2D eigenvalue weighted by Crippen LogP contribution is 2.42. The lowest BCUT2D eigenvalue weighted by Gasteiger charge is -2.48. The van der Waals surface area contributed by atoms with Gasteiger partial charge in [0.2, 0.25) is 11.8 Å². The number of likely N-dealkylation sites (tertiary alicyclic amines) is 2. The summed E-state index contributed by atoms with van der Waals surface area (Å²) in [7, 11) is 1.33. The van der Waals surface area contributed by atoms with Crippen LogP contribution in [0.15, 0.2) is 10.7 Å². The van der Waals surface area contributed by atoms with E-state index in [9.17, 15) is 9.59 Å². The maximum atomic E-state index is 12.2. The number of carbonyl (C=O) groups is 2. The molecular formula is C18H25N3O4. The van der Waals surface area contributed by atoms with Crippen molar-refractivity contribution in [1.82, 2.24) is 14.8 Å². The predicted molar refractivity (Wildman–Crippen MR) is 88.8 cm³/mol. The van der Waals surface area contributed by atoms with Gasteiger partial charge in [-0.2, -0.15) is 0 Å². The SMILES string of the molecule is COC(=O)c1coc(CN2CCC[C@@]3(CCC(=O)N(C4CC4)C3)C2)n1. The first-order valence-corrected chi connectivity index (χ1v) is 9.13. The molecule has 3 heterocycles. The van der Waals surface area contributed by atoms with Crippen molar-refractivity contribution < 1.29 is 18.7 Å². The van der Waals surface area contributed by atoms with Gasteiger partial charge in [0.15, 0.2) is 5.69 Å². The number of hydrogen-bond acceptors (Lipinski definition) is 6. The van der Waals surface area contributed by atoms with E-state index in [1.165, 1.54) is 19.8 Å². The fourth-order valence-electron chi connectivity index (χ4n) is 4.31. The van der Waals surface area contributed by atoms with Crippen LogP contribution in [0.4, 0.5) is 0 Å². The summed E-state index contributed by atoms with van der Waals surface area (Å²) in [6.07, 6.45) is 7.64. The van der Waals surface area contributed by atoms with E-state index < -0.39 is 5.97 Å². The molecule has 1 aromatic heterocycles. The number of methoxy groups -OCH3 is 1. The monoisotopic (exact) mass is 347 g/mol. The molecule has 2 saturated heterocycles. The second-order valence-corrected chi connectivity index (χ2v) is 7.69. The number of piperidine rings is 2. The Labute approximate surface area is 147 Å². The Bertz CT molecular complexity index is 669. The Kier molecular flexibility index (Phi) is 4.27. The maximum Gasteiger partial charge on any atom is 0.360 e. The molecule has 3 fully saturated rings.